The number of carbonyl (C=O) groups is 2. The molecule has 0 saturated carbocycles. The van der Waals surface area contributed by atoms with Crippen LogP contribution < -0.4 is 5.32 Å². The summed E-state index contributed by atoms with van der Waals surface area (Å²) >= 11 is 0. The van der Waals surface area contributed by atoms with Crippen molar-refractivity contribution in [2.45, 2.75) is 38.7 Å². The van der Waals surface area contributed by atoms with Gasteiger partial charge in [0.1, 0.15) is 5.82 Å². The standard InChI is InChI=1S/C18H26N6O2.C2HF3O2/c1-22-11-15(8-20-22)18(25)19-9-16-12-24-5-4-23(13-17(24)21-16)10-14-2-6-26-7-3-14;3-2(4,5)1(6)7/h8,11-12,14H,2-7,9-10,13H2,1H3,(H,19,25);(H,6,7). The lowest BCUT2D eigenvalue weighted by Gasteiger charge is -2.32. The van der Waals surface area contributed by atoms with Crippen molar-refractivity contribution in [1.29, 1.82) is 0 Å². The predicted molar refractivity (Wildman–Crippen MR) is 109 cm³/mol. The number of halogens is 3. The summed E-state index contributed by atoms with van der Waals surface area (Å²) in [5.74, 6) is -1.05. The van der Waals surface area contributed by atoms with Crippen LogP contribution in [0.5, 0.6) is 0 Å². The van der Waals surface area contributed by atoms with Gasteiger partial charge in [0.25, 0.3) is 5.91 Å². The predicted octanol–water partition coefficient (Wildman–Crippen LogP) is 1.42. The van der Waals surface area contributed by atoms with Gasteiger partial charge in [-0.2, -0.15) is 18.3 Å². The maximum Gasteiger partial charge on any atom is 0.490 e. The van der Waals surface area contributed by atoms with Crippen molar-refractivity contribution in [2.75, 3.05) is 26.3 Å². The van der Waals surface area contributed by atoms with Crippen molar-refractivity contribution in [3.8, 4) is 0 Å². The number of imidazole rings is 1. The highest BCUT2D eigenvalue weighted by atomic mass is 19.4. The van der Waals surface area contributed by atoms with Crippen LogP contribution >= 0.6 is 0 Å². The van der Waals surface area contributed by atoms with Crippen molar-refractivity contribution >= 4 is 11.9 Å². The van der Waals surface area contributed by atoms with Crippen LogP contribution in [0.3, 0.4) is 0 Å². The van der Waals surface area contributed by atoms with Crippen LogP contribution in [0.25, 0.3) is 0 Å². The molecule has 0 spiro atoms. The van der Waals surface area contributed by atoms with Gasteiger partial charge < -0.3 is 19.7 Å². The van der Waals surface area contributed by atoms with E-state index in [1.54, 1.807) is 24.1 Å². The SMILES string of the molecule is Cn1cc(C(=O)NCc2cn3c(n2)CN(CC2CCOCC2)CC3)cn1.O=C(O)C(F)(F)F. The molecule has 1 fully saturated rings. The Hall–Kier alpha value is -2.93. The molecule has 2 aromatic heterocycles. The van der Waals surface area contributed by atoms with E-state index in [1.807, 2.05) is 0 Å². The van der Waals surface area contributed by atoms with E-state index < -0.39 is 12.1 Å². The zero-order valence-corrected chi connectivity index (χ0v) is 18.2. The molecule has 0 unspecified atom stereocenters. The monoisotopic (exact) mass is 472 g/mol. The molecule has 0 bridgehead atoms. The van der Waals surface area contributed by atoms with Crippen LogP contribution in [0, 0.1) is 5.92 Å². The zero-order chi connectivity index (χ0) is 24.0. The summed E-state index contributed by atoms with van der Waals surface area (Å²) in [4.78, 5) is 28.2. The molecule has 0 radical (unpaired) electrons. The van der Waals surface area contributed by atoms with Crippen LogP contribution in [0.4, 0.5) is 13.2 Å². The third-order valence-corrected chi connectivity index (χ3v) is 5.43. The van der Waals surface area contributed by atoms with Gasteiger partial charge in [-0.25, -0.2) is 9.78 Å². The van der Waals surface area contributed by atoms with E-state index in [2.05, 4.69) is 26.1 Å². The van der Waals surface area contributed by atoms with Crippen LogP contribution in [0.15, 0.2) is 18.6 Å². The molecule has 10 nitrogen and oxygen atoms in total. The Labute approximate surface area is 188 Å². The van der Waals surface area contributed by atoms with E-state index >= 15 is 0 Å². The molecular weight excluding hydrogens is 445 g/mol. The van der Waals surface area contributed by atoms with Gasteiger partial charge in [-0.1, -0.05) is 0 Å². The smallest absolute Gasteiger partial charge is 0.475 e. The highest BCUT2D eigenvalue weighted by Gasteiger charge is 2.38. The molecule has 33 heavy (non-hydrogen) atoms. The minimum atomic E-state index is -5.08. The number of carboxylic acids is 1. The maximum atomic E-state index is 12.1. The van der Waals surface area contributed by atoms with E-state index in [0.717, 1.165) is 69.7 Å². The molecule has 2 N–H and O–H groups in total. The summed E-state index contributed by atoms with van der Waals surface area (Å²) in [6.07, 6.45) is 2.58. The molecule has 0 aromatic carbocycles. The maximum absolute atomic E-state index is 12.1. The van der Waals surface area contributed by atoms with Crippen LogP contribution in [-0.2, 0) is 36.2 Å². The molecule has 0 atom stereocenters. The lowest BCUT2D eigenvalue weighted by atomic mass is 9.99. The first-order chi connectivity index (χ1) is 15.6. The van der Waals surface area contributed by atoms with E-state index in [0.29, 0.717) is 12.1 Å². The fourth-order valence-electron chi connectivity index (χ4n) is 3.71. The number of hydrogen-bond donors (Lipinski definition) is 2. The summed E-state index contributed by atoms with van der Waals surface area (Å²) in [7, 11) is 1.80. The minimum Gasteiger partial charge on any atom is -0.475 e. The van der Waals surface area contributed by atoms with E-state index in [4.69, 9.17) is 19.6 Å². The van der Waals surface area contributed by atoms with E-state index in [1.165, 1.54) is 0 Å². The van der Waals surface area contributed by atoms with Crippen LogP contribution in [0.2, 0.25) is 0 Å². The quantitative estimate of drug-likeness (QED) is 0.677. The van der Waals surface area contributed by atoms with Crippen LogP contribution in [-0.4, -0.2) is 73.7 Å². The van der Waals surface area contributed by atoms with Crippen molar-refractivity contribution in [3.63, 3.8) is 0 Å². The number of hydrogen-bond acceptors (Lipinski definition) is 6. The van der Waals surface area contributed by atoms with Gasteiger partial charge in [-0.05, 0) is 18.8 Å². The molecule has 4 rings (SSSR count). The molecule has 0 aliphatic carbocycles. The Morgan fingerprint density at radius 2 is 1.94 bits per heavy atom. The second kappa shape index (κ2) is 10.8. The number of fused-ring (bicyclic) bond motifs is 1. The summed E-state index contributed by atoms with van der Waals surface area (Å²) in [6, 6.07) is 0. The number of aliphatic carboxylic acids is 1. The van der Waals surface area contributed by atoms with Gasteiger partial charge in [0.05, 0.1) is 30.5 Å². The minimum absolute atomic E-state index is 0.120. The summed E-state index contributed by atoms with van der Waals surface area (Å²) in [5.41, 5.74) is 1.48. The zero-order valence-electron chi connectivity index (χ0n) is 18.2. The number of nitrogens with one attached hydrogen (secondary N) is 1. The Kier molecular flexibility index (Phi) is 8.08. The van der Waals surface area contributed by atoms with Gasteiger partial charge >= 0.3 is 12.1 Å². The Morgan fingerprint density at radius 1 is 1.24 bits per heavy atom. The van der Waals surface area contributed by atoms with Gasteiger partial charge in [-0.15, -0.1) is 0 Å². The first-order valence-corrected chi connectivity index (χ1v) is 10.5. The van der Waals surface area contributed by atoms with Gasteiger partial charge in [0.15, 0.2) is 0 Å². The van der Waals surface area contributed by atoms with E-state index in [9.17, 15) is 18.0 Å². The first-order valence-electron chi connectivity index (χ1n) is 10.5. The third-order valence-electron chi connectivity index (χ3n) is 5.43. The van der Waals surface area contributed by atoms with Crippen molar-refractivity contribution in [1.82, 2.24) is 29.5 Å². The normalized spacial score (nSPS) is 17.1. The summed E-state index contributed by atoms with van der Waals surface area (Å²) in [6.45, 7) is 6.26. The number of alkyl halides is 3. The van der Waals surface area contributed by atoms with Gasteiger partial charge in [0.2, 0.25) is 0 Å². The Morgan fingerprint density at radius 3 is 2.55 bits per heavy atom. The Balaban J connectivity index is 0.000000383. The van der Waals surface area contributed by atoms with Crippen LogP contribution in [0.1, 0.15) is 34.7 Å². The topological polar surface area (TPSA) is 115 Å². The number of ether oxygens (including phenoxy) is 1. The van der Waals surface area contributed by atoms with Crippen molar-refractivity contribution in [2.24, 2.45) is 13.0 Å². The average Bonchev–Trinajstić information content (AvgIpc) is 3.38. The average molecular weight is 472 g/mol. The highest BCUT2D eigenvalue weighted by Crippen LogP contribution is 2.20. The molecule has 13 heteroatoms. The fraction of sp³-hybridized carbons (Fsp3) is 0.600. The molecule has 2 aliphatic heterocycles. The number of nitrogens with zero attached hydrogens (tertiary/aromatic N) is 5. The largest absolute Gasteiger partial charge is 0.490 e. The number of rotatable bonds is 5. The number of aryl methyl sites for hydroxylation is 1. The lowest BCUT2D eigenvalue weighted by Crippen LogP contribution is -2.38. The first kappa shape index (κ1) is 24.7. The number of aromatic nitrogens is 4. The number of amides is 1. The molecule has 182 valence electrons. The molecule has 1 amide bonds. The molecular formula is C20H27F3N6O4. The Bertz CT molecular complexity index is 952. The molecule has 2 aromatic rings. The van der Waals surface area contributed by atoms with Gasteiger partial charge in [-0.3, -0.25) is 14.4 Å². The van der Waals surface area contributed by atoms with Gasteiger partial charge in [0, 0.05) is 52.3 Å². The summed E-state index contributed by atoms with van der Waals surface area (Å²) in [5, 5.41) is 14.1. The second-order valence-corrected chi connectivity index (χ2v) is 8.02. The fourth-order valence-corrected chi connectivity index (χ4v) is 3.71. The molecule has 2 aliphatic rings. The third kappa shape index (κ3) is 7.29. The van der Waals surface area contributed by atoms with E-state index in [-0.39, 0.29) is 5.91 Å². The summed E-state index contributed by atoms with van der Waals surface area (Å²) < 4.78 is 41.0. The molecule has 1 saturated heterocycles. The van der Waals surface area contributed by atoms with Crippen molar-refractivity contribution < 1.29 is 32.6 Å². The molecule has 4 heterocycles. The number of carbonyl (C=O) groups excluding carboxylic acids is 1. The highest BCUT2D eigenvalue weighted by molar-refractivity contribution is 5.93. The number of carboxylic acid groups (broad SMARTS) is 1. The lowest BCUT2D eigenvalue weighted by molar-refractivity contribution is -0.192. The van der Waals surface area contributed by atoms with Crippen molar-refractivity contribution in [3.05, 3.63) is 35.7 Å². The second-order valence-electron chi connectivity index (χ2n) is 8.02.